The second-order valence-corrected chi connectivity index (χ2v) is 8.83. The second-order valence-electron chi connectivity index (χ2n) is 7.11. The summed E-state index contributed by atoms with van der Waals surface area (Å²) in [5, 5.41) is 2.88. The molecule has 0 aromatic heterocycles. The molecule has 1 saturated carbocycles. The van der Waals surface area contributed by atoms with Gasteiger partial charge in [0.2, 0.25) is 15.9 Å². The molecule has 0 saturated heterocycles. The molecule has 30 heavy (non-hydrogen) atoms. The Morgan fingerprint density at radius 1 is 1.03 bits per heavy atom. The van der Waals surface area contributed by atoms with E-state index in [0.29, 0.717) is 36.8 Å². The molecule has 0 spiro atoms. The summed E-state index contributed by atoms with van der Waals surface area (Å²) in [5.74, 6) is 1.09. The monoisotopic (exact) mass is 432 g/mol. The molecule has 1 aliphatic carbocycles. The molecule has 0 radical (unpaired) electrons. The van der Waals surface area contributed by atoms with Crippen LogP contribution in [0.2, 0.25) is 0 Å². The largest absolute Gasteiger partial charge is 0.494 e. The number of benzene rings is 2. The van der Waals surface area contributed by atoms with Crippen LogP contribution in [0, 0.1) is 0 Å². The molecule has 2 aromatic rings. The van der Waals surface area contributed by atoms with Gasteiger partial charge in [-0.3, -0.25) is 4.79 Å². The van der Waals surface area contributed by atoms with E-state index in [-0.39, 0.29) is 23.3 Å². The van der Waals surface area contributed by atoms with Gasteiger partial charge < -0.3 is 14.8 Å². The van der Waals surface area contributed by atoms with Gasteiger partial charge in [-0.15, -0.1) is 0 Å². The smallest absolute Gasteiger partial charge is 0.240 e. The van der Waals surface area contributed by atoms with Gasteiger partial charge in [0.05, 0.1) is 23.8 Å². The van der Waals surface area contributed by atoms with Crippen LogP contribution < -0.4 is 19.5 Å². The summed E-state index contributed by atoms with van der Waals surface area (Å²) >= 11 is 0. The van der Waals surface area contributed by atoms with Crippen LogP contribution in [0.15, 0.2) is 47.4 Å². The van der Waals surface area contributed by atoms with Crippen molar-refractivity contribution < 1.29 is 22.7 Å². The molecule has 8 heteroatoms. The van der Waals surface area contributed by atoms with E-state index < -0.39 is 10.0 Å². The molecule has 0 bridgehead atoms. The van der Waals surface area contributed by atoms with E-state index in [1.165, 1.54) is 0 Å². The summed E-state index contributed by atoms with van der Waals surface area (Å²) in [5.41, 5.74) is 1.46. The van der Waals surface area contributed by atoms with Crippen molar-refractivity contribution in [2.24, 2.45) is 0 Å². The van der Waals surface area contributed by atoms with Crippen molar-refractivity contribution in [2.45, 2.75) is 50.5 Å². The second kappa shape index (κ2) is 9.95. The summed E-state index contributed by atoms with van der Waals surface area (Å²) in [6.07, 6.45) is 2.55. The first kappa shape index (κ1) is 22.1. The van der Waals surface area contributed by atoms with Crippen LogP contribution in [-0.4, -0.2) is 33.6 Å². The Balaban J connectivity index is 1.58. The van der Waals surface area contributed by atoms with E-state index in [1.807, 2.05) is 13.8 Å². The SMILES string of the molecule is CCOc1ccc(OCC)c(NC(=O)CCc2ccc(S(=O)(=O)NC3CC3)cc2)c1. The third-order valence-electron chi connectivity index (χ3n) is 4.61. The van der Waals surface area contributed by atoms with Crippen molar-refractivity contribution in [1.82, 2.24) is 4.72 Å². The third-order valence-corrected chi connectivity index (χ3v) is 6.15. The van der Waals surface area contributed by atoms with Crippen LogP contribution in [0.1, 0.15) is 38.7 Å². The topological polar surface area (TPSA) is 93.7 Å². The Morgan fingerprint density at radius 3 is 2.37 bits per heavy atom. The van der Waals surface area contributed by atoms with Crippen LogP contribution >= 0.6 is 0 Å². The molecule has 0 aliphatic heterocycles. The number of sulfonamides is 1. The molecule has 0 atom stereocenters. The van der Waals surface area contributed by atoms with Crippen molar-refractivity contribution in [2.75, 3.05) is 18.5 Å². The van der Waals surface area contributed by atoms with Gasteiger partial charge in [0.25, 0.3) is 0 Å². The highest BCUT2D eigenvalue weighted by atomic mass is 32.2. The third kappa shape index (κ3) is 6.21. The Labute approximate surface area is 177 Å². The number of aryl methyl sites for hydroxylation is 1. The highest BCUT2D eigenvalue weighted by molar-refractivity contribution is 7.89. The number of nitrogens with one attached hydrogen (secondary N) is 2. The Kier molecular flexibility index (Phi) is 7.33. The van der Waals surface area contributed by atoms with Gasteiger partial charge in [-0.25, -0.2) is 13.1 Å². The summed E-state index contributed by atoms with van der Waals surface area (Å²) in [4.78, 5) is 12.7. The van der Waals surface area contributed by atoms with E-state index in [2.05, 4.69) is 10.0 Å². The van der Waals surface area contributed by atoms with Crippen LogP contribution in [0.4, 0.5) is 5.69 Å². The lowest BCUT2D eigenvalue weighted by Crippen LogP contribution is -2.25. The Morgan fingerprint density at radius 2 is 1.73 bits per heavy atom. The van der Waals surface area contributed by atoms with Crippen LogP contribution in [-0.2, 0) is 21.2 Å². The zero-order valence-corrected chi connectivity index (χ0v) is 18.1. The Bertz CT molecular complexity index is 970. The predicted molar refractivity (Wildman–Crippen MR) is 116 cm³/mol. The summed E-state index contributed by atoms with van der Waals surface area (Å²) < 4.78 is 38.2. The van der Waals surface area contributed by atoms with Gasteiger partial charge in [-0.2, -0.15) is 0 Å². The quantitative estimate of drug-likeness (QED) is 0.567. The molecule has 0 unspecified atom stereocenters. The maximum absolute atomic E-state index is 12.5. The number of amides is 1. The van der Waals surface area contributed by atoms with Crippen molar-refractivity contribution >= 4 is 21.6 Å². The van der Waals surface area contributed by atoms with E-state index in [9.17, 15) is 13.2 Å². The zero-order valence-electron chi connectivity index (χ0n) is 17.3. The average Bonchev–Trinajstić information content (AvgIpc) is 3.52. The number of hydrogen-bond donors (Lipinski definition) is 2. The van der Waals surface area contributed by atoms with Crippen molar-refractivity contribution in [1.29, 1.82) is 0 Å². The van der Waals surface area contributed by atoms with E-state index in [0.717, 1.165) is 18.4 Å². The van der Waals surface area contributed by atoms with Gasteiger partial charge in [0, 0.05) is 18.5 Å². The zero-order chi connectivity index (χ0) is 21.6. The van der Waals surface area contributed by atoms with Crippen LogP contribution in [0.5, 0.6) is 11.5 Å². The highest BCUT2D eigenvalue weighted by Crippen LogP contribution is 2.29. The molecule has 162 valence electrons. The summed E-state index contributed by atoms with van der Waals surface area (Å²) in [6.45, 7) is 4.80. The molecule has 0 heterocycles. The van der Waals surface area contributed by atoms with Crippen molar-refractivity contribution in [3.8, 4) is 11.5 Å². The number of carbonyl (C=O) groups is 1. The summed E-state index contributed by atoms with van der Waals surface area (Å²) in [6, 6.07) is 12.1. The van der Waals surface area contributed by atoms with Gasteiger partial charge in [0.15, 0.2) is 0 Å². The van der Waals surface area contributed by atoms with Crippen LogP contribution in [0.3, 0.4) is 0 Å². The average molecular weight is 433 g/mol. The van der Waals surface area contributed by atoms with E-state index >= 15 is 0 Å². The Hall–Kier alpha value is -2.58. The molecular weight excluding hydrogens is 404 g/mol. The molecular formula is C22H28N2O5S. The molecule has 1 fully saturated rings. The lowest BCUT2D eigenvalue weighted by atomic mass is 10.1. The fourth-order valence-corrected chi connectivity index (χ4v) is 4.24. The van der Waals surface area contributed by atoms with Crippen molar-refractivity contribution in [3.63, 3.8) is 0 Å². The van der Waals surface area contributed by atoms with Gasteiger partial charge in [-0.1, -0.05) is 12.1 Å². The van der Waals surface area contributed by atoms with Gasteiger partial charge in [0.1, 0.15) is 11.5 Å². The first-order valence-corrected chi connectivity index (χ1v) is 11.7. The normalized spacial score (nSPS) is 13.7. The predicted octanol–water partition coefficient (Wildman–Crippen LogP) is 3.50. The van der Waals surface area contributed by atoms with Crippen LogP contribution in [0.25, 0.3) is 0 Å². The highest BCUT2D eigenvalue weighted by Gasteiger charge is 2.27. The maximum Gasteiger partial charge on any atom is 0.240 e. The number of hydrogen-bond acceptors (Lipinski definition) is 5. The van der Waals surface area contributed by atoms with Gasteiger partial charge >= 0.3 is 0 Å². The molecule has 2 N–H and O–H groups in total. The van der Waals surface area contributed by atoms with E-state index in [4.69, 9.17) is 9.47 Å². The standard InChI is InChI=1S/C22H28N2O5S/c1-3-28-18-10-13-21(29-4-2)20(15-18)23-22(25)14-7-16-5-11-19(12-6-16)30(26,27)24-17-8-9-17/h5-6,10-13,15,17,24H,3-4,7-9,14H2,1-2H3,(H,23,25). The first-order chi connectivity index (χ1) is 14.4. The summed E-state index contributed by atoms with van der Waals surface area (Å²) in [7, 11) is -3.46. The number of rotatable bonds is 11. The van der Waals surface area contributed by atoms with Crippen molar-refractivity contribution in [3.05, 3.63) is 48.0 Å². The van der Waals surface area contributed by atoms with E-state index in [1.54, 1.807) is 42.5 Å². The molecule has 3 rings (SSSR count). The minimum absolute atomic E-state index is 0.0705. The van der Waals surface area contributed by atoms with Gasteiger partial charge in [-0.05, 0) is 62.9 Å². The maximum atomic E-state index is 12.5. The minimum Gasteiger partial charge on any atom is -0.494 e. The molecule has 1 aliphatic rings. The molecule has 1 amide bonds. The first-order valence-electron chi connectivity index (χ1n) is 10.2. The fourth-order valence-electron chi connectivity index (χ4n) is 2.94. The number of carbonyl (C=O) groups excluding carboxylic acids is 1. The number of anilines is 1. The minimum atomic E-state index is -3.46. The number of ether oxygens (including phenoxy) is 2. The lowest BCUT2D eigenvalue weighted by molar-refractivity contribution is -0.116. The lowest BCUT2D eigenvalue weighted by Gasteiger charge is -2.13. The fraction of sp³-hybridized carbons (Fsp3) is 0.409. The molecule has 2 aromatic carbocycles. The molecule has 7 nitrogen and oxygen atoms in total.